The van der Waals surface area contributed by atoms with E-state index in [-0.39, 0.29) is 12.4 Å². The number of H-pyrrole nitrogens is 1. The van der Waals surface area contributed by atoms with Crippen molar-refractivity contribution in [1.29, 1.82) is 5.39 Å². The van der Waals surface area contributed by atoms with E-state index in [2.05, 4.69) is 14.9 Å². The van der Waals surface area contributed by atoms with E-state index in [1.165, 1.54) is 6.20 Å². The van der Waals surface area contributed by atoms with E-state index in [1.807, 2.05) is 0 Å². The lowest BCUT2D eigenvalue weighted by Crippen LogP contribution is -1.99. The number of carboxylic acid groups (broad SMARTS) is 1. The van der Waals surface area contributed by atoms with Crippen LogP contribution >= 0.6 is 0 Å². The van der Waals surface area contributed by atoms with Gasteiger partial charge in [-0.3, -0.25) is 4.79 Å². The molecule has 0 aromatic carbocycles. The molecule has 0 aliphatic heterocycles. The zero-order chi connectivity index (χ0) is 8.27. The van der Waals surface area contributed by atoms with Crippen LogP contribution < -0.4 is 0 Å². The number of carboxylic acids is 1. The molecule has 6 nitrogen and oxygen atoms in total. The Hall–Kier alpha value is -1.90. The van der Waals surface area contributed by atoms with E-state index >= 15 is 0 Å². The van der Waals surface area contributed by atoms with Crippen molar-refractivity contribution >= 4 is 11.9 Å². The van der Waals surface area contributed by atoms with Crippen LogP contribution in [0.25, 0.3) is 4.98 Å². The molecule has 0 aliphatic rings. The summed E-state index contributed by atoms with van der Waals surface area (Å²) >= 11 is 0. The first-order chi connectivity index (χ1) is 5.22. The Bertz CT molecular complexity index is 311. The Labute approximate surface area is 61.5 Å². The molecule has 2 N–H and O–H groups in total. The summed E-state index contributed by atoms with van der Waals surface area (Å²) in [6, 6.07) is 0. The summed E-state index contributed by atoms with van der Waals surface area (Å²) in [7, 11) is 0. The Morgan fingerprint density at radius 3 is 3.09 bits per heavy atom. The number of diazo groups is 1. The van der Waals surface area contributed by atoms with Gasteiger partial charge in [0.25, 0.3) is 0 Å². The highest BCUT2D eigenvalue weighted by Gasteiger charge is 2.12. The third-order valence-corrected chi connectivity index (χ3v) is 1.05. The van der Waals surface area contributed by atoms with E-state index in [0.717, 1.165) is 0 Å². The second-order valence-corrected chi connectivity index (χ2v) is 1.90. The Morgan fingerprint density at radius 1 is 1.91 bits per heavy atom. The average molecular weight is 153 g/mol. The van der Waals surface area contributed by atoms with Gasteiger partial charge in [0.1, 0.15) is 18.3 Å². The van der Waals surface area contributed by atoms with Gasteiger partial charge < -0.3 is 5.11 Å². The van der Waals surface area contributed by atoms with Crippen molar-refractivity contribution in [3.05, 3.63) is 16.9 Å². The van der Waals surface area contributed by atoms with Crippen molar-refractivity contribution < 1.29 is 9.90 Å². The molecule has 0 saturated carbocycles. The molecule has 0 spiro atoms. The Kier molecular flexibility index (Phi) is 1.83. The van der Waals surface area contributed by atoms with Crippen molar-refractivity contribution in [2.24, 2.45) is 0 Å². The minimum absolute atomic E-state index is 0.0150. The van der Waals surface area contributed by atoms with E-state index in [4.69, 9.17) is 10.5 Å². The lowest BCUT2D eigenvalue weighted by Gasteiger charge is -1.81. The SMILES string of the molecule is N#[N+]c1ncc(CC(=O)O)[nH]1. The molecular formula is C5H5N4O2+. The summed E-state index contributed by atoms with van der Waals surface area (Å²) in [4.78, 5) is 18.9. The molecule has 1 rings (SSSR count). The van der Waals surface area contributed by atoms with Gasteiger partial charge in [-0.25, -0.2) is 4.98 Å². The third-order valence-electron chi connectivity index (χ3n) is 1.05. The second kappa shape index (κ2) is 2.79. The zero-order valence-corrected chi connectivity index (χ0v) is 5.48. The fraction of sp³-hybridized carbons (Fsp3) is 0.200. The number of imidazole rings is 1. The van der Waals surface area contributed by atoms with Crippen LogP contribution in [0.4, 0.5) is 5.95 Å². The molecule has 0 bridgehead atoms. The van der Waals surface area contributed by atoms with Crippen LogP contribution in [0, 0.1) is 5.39 Å². The highest BCUT2D eigenvalue weighted by atomic mass is 16.4. The smallest absolute Gasteiger partial charge is 0.481 e. The topological polar surface area (TPSA) is 94.1 Å². The number of hydrogen-bond donors (Lipinski definition) is 2. The molecule has 6 heteroatoms. The van der Waals surface area contributed by atoms with Gasteiger partial charge in [0, 0.05) is 0 Å². The summed E-state index contributed by atoms with van der Waals surface area (Å²) < 4.78 is 0. The van der Waals surface area contributed by atoms with E-state index in [0.29, 0.717) is 5.69 Å². The highest BCUT2D eigenvalue weighted by molar-refractivity contribution is 5.69. The van der Waals surface area contributed by atoms with Crippen LogP contribution in [0.5, 0.6) is 0 Å². The summed E-state index contributed by atoms with van der Waals surface area (Å²) in [6.45, 7) is 0. The molecule has 0 fully saturated rings. The van der Waals surface area contributed by atoms with Gasteiger partial charge in [0.05, 0.1) is 5.39 Å². The summed E-state index contributed by atoms with van der Waals surface area (Å²) in [6.07, 6.45) is 1.16. The summed E-state index contributed by atoms with van der Waals surface area (Å²) in [5, 5.41) is 16.5. The first kappa shape index (κ1) is 7.21. The Morgan fingerprint density at radius 2 is 2.64 bits per heavy atom. The highest BCUT2D eigenvalue weighted by Crippen LogP contribution is 2.05. The molecular weight excluding hydrogens is 148 g/mol. The van der Waals surface area contributed by atoms with Crippen molar-refractivity contribution in [2.45, 2.75) is 6.42 Å². The van der Waals surface area contributed by atoms with Gasteiger partial charge >= 0.3 is 11.9 Å². The van der Waals surface area contributed by atoms with E-state index in [9.17, 15) is 4.79 Å². The van der Waals surface area contributed by atoms with Crippen LogP contribution in [-0.2, 0) is 11.2 Å². The minimum Gasteiger partial charge on any atom is -0.481 e. The third kappa shape index (κ3) is 1.76. The van der Waals surface area contributed by atoms with Gasteiger partial charge in [0.15, 0.2) is 0 Å². The lowest BCUT2D eigenvalue weighted by atomic mass is 10.3. The lowest BCUT2D eigenvalue weighted by molar-refractivity contribution is -0.136. The molecule has 56 valence electrons. The van der Waals surface area contributed by atoms with Gasteiger partial charge in [-0.15, -0.1) is 0 Å². The van der Waals surface area contributed by atoms with Crippen molar-refractivity contribution in [3.63, 3.8) is 0 Å². The number of hydrogen-bond acceptors (Lipinski definition) is 3. The average Bonchev–Trinajstić information content (AvgIpc) is 2.34. The predicted octanol–water partition coefficient (Wildman–Crippen LogP) is 0.521. The van der Waals surface area contributed by atoms with Crippen molar-refractivity contribution in [2.75, 3.05) is 0 Å². The number of aliphatic carboxylic acids is 1. The maximum Gasteiger partial charge on any atom is 0.525 e. The molecule has 1 heterocycles. The van der Waals surface area contributed by atoms with Crippen LogP contribution in [-0.4, -0.2) is 21.0 Å². The maximum atomic E-state index is 10.1. The molecule has 0 atom stereocenters. The molecule has 11 heavy (non-hydrogen) atoms. The number of nitrogens with one attached hydrogen (secondary N) is 1. The first-order valence-electron chi connectivity index (χ1n) is 2.83. The fourth-order valence-electron chi connectivity index (χ4n) is 0.651. The number of aromatic amines is 1. The fourth-order valence-corrected chi connectivity index (χ4v) is 0.651. The van der Waals surface area contributed by atoms with Crippen LogP contribution in [0.15, 0.2) is 6.20 Å². The number of nitrogens with zero attached hydrogens (tertiary/aromatic N) is 3. The maximum absolute atomic E-state index is 10.1. The van der Waals surface area contributed by atoms with Crippen molar-refractivity contribution in [3.8, 4) is 0 Å². The number of aromatic nitrogens is 2. The van der Waals surface area contributed by atoms with Gasteiger partial charge in [-0.1, -0.05) is 4.98 Å². The molecule has 0 unspecified atom stereocenters. The van der Waals surface area contributed by atoms with Crippen LogP contribution in [0.1, 0.15) is 5.69 Å². The number of carbonyl (C=O) groups is 1. The Balaban J connectivity index is 2.75. The van der Waals surface area contributed by atoms with Gasteiger partial charge in [-0.05, 0) is 4.98 Å². The molecule has 0 amide bonds. The zero-order valence-electron chi connectivity index (χ0n) is 5.48. The van der Waals surface area contributed by atoms with Crippen LogP contribution in [0.2, 0.25) is 0 Å². The molecule has 0 saturated heterocycles. The van der Waals surface area contributed by atoms with Crippen molar-refractivity contribution in [1.82, 2.24) is 9.97 Å². The van der Waals surface area contributed by atoms with E-state index < -0.39 is 5.97 Å². The predicted molar refractivity (Wildman–Crippen MR) is 34.7 cm³/mol. The summed E-state index contributed by atoms with van der Waals surface area (Å²) in [5.41, 5.74) is 0.408. The monoisotopic (exact) mass is 153 g/mol. The largest absolute Gasteiger partial charge is 0.525 e. The molecule has 1 aromatic heterocycles. The van der Waals surface area contributed by atoms with E-state index in [1.54, 1.807) is 0 Å². The molecule has 1 aromatic rings. The number of rotatable bonds is 2. The van der Waals surface area contributed by atoms with Gasteiger partial charge in [-0.2, -0.15) is 0 Å². The van der Waals surface area contributed by atoms with Crippen LogP contribution in [0.3, 0.4) is 0 Å². The molecule has 0 aliphatic carbocycles. The first-order valence-corrected chi connectivity index (χ1v) is 2.83. The second-order valence-electron chi connectivity index (χ2n) is 1.90. The standard InChI is InChI=1S/C5H4N4O2/c6-9-5-7-2-3(8-5)1-4(10)11/h2H,1H2,(H-,7,8,10,11)/p+1. The minimum atomic E-state index is -0.960. The quantitative estimate of drug-likeness (QED) is 0.605. The summed E-state index contributed by atoms with van der Waals surface area (Å²) in [5.74, 6) is -0.945. The van der Waals surface area contributed by atoms with Gasteiger partial charge in [0.2, 0.25) is 0 Å². The molecule has 0 radical (unpaired) electrons. The normalized spacial score (nSPS) is 9.00.